The van der Waals surface area contributed by atoms with Crippen molar-refractivity contribution in [2.24, 2.45) is 10.9 Å². The maximum atomic E-state index is 12.5. The monoisotopic (exact) mass is 571 g/mol. The molecule has 2 aliphatic heterocycles. The van der Waals surface area contributed by atoms with E-state index in [0.29, 0.717) is 19.0 Å². The molecular weight excluding hydrogens is 534 g/mol. The number of aliphatic imine (C=N–C) groups is 1. The Bertz CT molecular complexity index is 700. The Morgan fingerprint density at radius 3 is 2.53 bits per heavy atom. The van der Waals surface area contributed by atoms with Gasteiger partial charge in [0.1, 0.15) is 11.6 Å². The number of aryl methyl sites for hydroxylation is 2. The van der Waals surface area contributed by atoms with Crippen LogP contribution >= 0.6 is 24.0 Å². The van der Waals surface area contributed by atoms with Crippen molar-refractivity contribution in [3.8, 4) is 0 Å². The summed E-state index contributed by atoms with van der Waals surface area (Å²) in [6.07, 6.45) is 5.05. The first-order chi connectivity index (χ1) is 14.9. The van der Waals surface area contributed by atoms with E-state index in [1.165, 1.54) is 24.2 Å². The number of halogens is 4. The van der Waals surface area contributed by atoms with Gasteiger partial charge in [-0.1, -0.05) is 6.42 Å². The molecule has 0 aromatic carbocycles. The van der Waals surface area contributed by atoms with E-state index >= 15 is 0 Å². The van der Waals surface area contributed by atoms with Crippen molar-refractivity contribution in [2.45, 2.75) is 70.5 Å². The van der Waals surface area contributed by atoms with Crippen LogP contribution < -0.4 is 10.6 Å². The highest BCUT2D eigenvalue weighted by Crippen LogP contribution is 2.24. The van der Waals surface area contributed by atoms with Gasteiger partial charge in [0.05, 0.1) is 6.54 Å². The second-order valence-corrected chi connectivity index (χ2v) is 8.65. The highest BCUT2D eigenvalue weighted by atomic mass is 127. The molecule has 0 aliphatic carbocycles. The average Bonchev–Trinajstić information content (AvgIpc) is 2.96. The molecule has 0 saturated carbocycles. The maximum absolute atomic E-state index is 12.5. The van der Waals surface area contributed by atoms with Crippen LogP contribution in [0.5, 0.6) is 0 Å². The first-order valence-corrected chi connectivity index (χ1v) is 11.6. The Morgan fingerprint density at radius 2 is 1.81 bits per heavy atom. The standard InChI is InChI=1S/C21H36F3N7.HI/c1-25-20(27-12-8-17-9-14-30(15-10-17)16-21(22,23)24)26-11-5-7-19-29-28-18-6-3-2-4-13-31(18)19;/h17H,2-16H2,1H3,(H2,25,26,27);1H. The predicted molar refractivity (Wildman–Crippen MR) is 131 cm³/mol. The summed E-state index contributed by atoms with van der Waals surface area (Å²) < 4.78 is 39.8. The maximum Gasteiger partial charge on any atom is 0.401 e. The molecule has 0 unspecified atom stereocenters. The third-order valence-corrected chi connectivity index (χ3v) is 6.23. The van der Waals surface area contributed by atoms with Gasteiger partial charge in [-0.25, -0.2) is 0 Å². The summed E-state index contributed by atoms with van der Waals surface area (Å²) in [6, 6.07) is 0. The molecule has 0 spiro atoms. The number of hydrogen-bond donors (Lipinski definition) is 2. The molecule has 7 nitrogen and oxygen atoms in total. The third kappa shape index (κ3) is 9.03. The van der Waals surface area contributed by atoms with E-state index in [9.17, 15) is 13.2 Å². The number of likely N-dealkylation sites (tertiary alicyclic amines) is 1. The van der Waals surface area contributed by atoms with Gasteiger partial charge in [0.25, 0.3) is 0 Å². The largest absolute Gasteiger partial charge is 0.401 e. The molecule has 0 radical (unpaired) electrons. The number of nitrogens with one attached hydrogen (secondary N) is 2. The first kappa shape index (κ1) is 27.1. The van der Waals surface area contributed by atoms with Crippen molar-refractivity contribution in [1.29, 1.82) is 0 Å². The number of rotatable bonds is 8. The number of nitrogens with zero attached hydrogens (tertiary/aromatic N) is 5. The third-order valence-electron chi connectivity index (χ3n) is 6.23. The number of aromatic nitrogens is 3. The van der Waals surface area contributed by atoms with E-state index in [1.807, 2.05) is 0 Å². The lowest BCUT2D eigenvalue weighted by Gasteiger charge is -2.32. The van der Waals surface area contributed by atoms with Crippen molar-refractivity contribution in [3.05, 3.63) is 11.6 Å². The quantitative estimate of drug-likeness (QED) is 0.217. The van der Waals surface area contributed by atoms with E-state index in [4.69, 9.17) is 0 Å². The summed E-state index contributed by atoms with van der Waals surface area (Å²) in [5, 5.41) is 15.4. The van der Waals surface area contributed by atoms with Gasteiger partial charge in [-0.3, -0.25) is 9.89 Å². The van der Waals surface area contributed by atoms with Gasteiger partial charge in [-0.05, 0) is 57.5 Å². The molecule has 32 heavy (non-hydrogen) atoms. The first-order valence-electron chi connectivity index (χ1n) is 11.6. The molecule has 3 rings (SSSR count). The van der Waals surface area contributed by atoms with E-state index in [-0.39, 0.29) is 24.0 Å². The molecule has 11 heteroatoms. The fourth-order valence-electron chi connectivity index (χ4n) is 4.49. The fourth-order valence-corrected chi connectivity index (χ4v) is 4.49. The predicted octanol–water partition coefficient (Wildman–Crippen LogP) is 3.38. The highest BCUT2D eigenvalue weighted by molar-refractivity contribution is 14.0. The second-order valence-electron chi connectivity index (χ2n) is 8.65. The number of guanidine groups is 1. The summed E-state index contributed by atoms with van der Waals surface area (Å²) in [5.41, 5.74) is 0. The lowest BCUT2D eigenvalue weighted by molar-refractivity contribution is -0.148. The second kappa shape index (κ2) is 13.6. The Labute approximate surface area is 206 Å². The van der Waals surface area contributed by atoms with Gasteiger partial charge >= 0.3 is 6.18 Å². The minimum atomic E-state index is -4.10. The summed E-state index contributed by atoms with van der Waals surface area (Å²) >= 11 is 0. The van der Waals surface area contributed by atoms with Crippen LogP contribution in [0.4, 0.5) is 13.2 Å². The molecule has 0 atom stereocenters. The zero-order valence-corrected chi connectivity index (χ0v) is 21.3. The summed E-state index contributed by atoms with van der Waals surface area (Å²) in [7, 11) is 1.75. The van der Waals surface area contributed by atoms with Crippen LogP contribution in [0.3, 0.4) is 0 Å². The minimum Gasteiger partial charge on any atom is -0.356 e. The molecule has 1 aromatic rings. The van der Waals surface area contributed by atoms with E-state index in [0.717, 1.165) is 75.8 Å². The van der Waals surface area contributed by atoms with Crippen molar-refractivity contribution in [2.75, 3.05) is 39.8 Å². The highest BCUT2D eigenvalue weighted by Gasteiger charge is 2.32. The number of fused-ring (bicyclic) bond motifs is 1. The average molecular weight is 571 g/mol. The Kier molecular flexibility index (Phi) is 11.5. The number of piperidine rings is 1. The van der Waals surface area contributed by atoms with Gasteiger partial charge < -0.3 is 15.2 Å². The van der Waals surface area contributed by atoms with Crippen molar-refractivity contribution < 1.29 is 13.2 Å². The normalized spacial score (nSPS) is 18.6. The lowest BCUT2D eigenvalue weighted by Crippen LogP contribution is -2.41. The zero-order chi connectivity index (χ0) is 22.1. The Hall–Kier alpha value is -1.11. The molecule has 3 heterocycles. The van der Waals surface area contributed by atoms with Crippen LogP contribution in [-0.2, 0) is 19.4 Å². The van der Waals surface area contributed by atoms with Gasteiger partial charge in [0.2, 0.25) is 0 Å². The summed E-state index contributed by atoms with van der Waals surface area (Å²) in [5.74, 6) is 3.45. The van der Waals surface area contributed by atoms with Gasteiger partial charge in [0.15, 0.2) is 5.96 Å². The molecule has 1 saturated heterocycles. The molecule has 1 fully saturated rings. The van der Waals surface area contributed by atoms with Crippen LogP contribution in [0.15, 0.2) is 4.99 Å². The Balaban J connectivity index is 0.00000363. The van der Waals surface area contributed by atoms with Crippen LogP contribution in [0.1, 0.15) is 56.6 Å². The summed E-state index contributed by atoms with van der Waals surface area (Å²) in [6.45, 7) is 2.89. The summed E-state index contributed by atoms with van der Waals surface area (Å²) in [4.78, 5) is 5.78. The zero-order valence-electron chi connectivity index (χ0n) is 19.0. The topological polar surface area (TPSA) is 70.4 Å². The van der Waals surface area contributed by atoms with Crippen LogP contribution in [0.2, 0.25) is 0 Å². The molecule has 184 valence electrons. The fraction of sp³-hybridized carbons (Fsp3) is 0.857. The van der Waals surface area contributed by atoms with E-state index in [1.54, 1.807) is 7.05 Å². The van der Waals surface area contributed by atoms with Crippen LogP contribution in [0, 0.1) is 5.92 Å². The molecule has 0 bridgehead atoms. The van der Waals surface area contributed by atoms with E-state index in [2.05, 4.69) is 30.4 Å². The molecule has 0 amide bonds. The van der Waals surface area contributed by atoms with Crippen molar-refractivity contribution in [1.82, 2.24) is 30.3 Å². The number of alkyl halides is 3. The van der Waals surface area contributed by atoms with Crippen LogP contribution in [0.25, 0.3) is 0 Å². The van der Waals surface area contributed by atoms with Crippen molar-refractivity contribution >= 4 is 29.9 Å². The smallest absolute Gasteiger partial charge is 0.356 e. The Morgan fingerprint density at radius 1 is 1.06 bits per heavy atom. The van der Waals surface area contributed by atoms with Crippen LogP contribution in [-0.4, -0.2) is 71.6 Å². The van der Waals surface area contributed by atoms with Crippen molar-refractivity contribution in [3.63, 3.8) is 0 Å². The minimum absolute atomic E-state index is 0. The molecule has 2 aliphatic rings. The molecular formula is C21H37F3IN7. The van der Waals surface area contributed by atoms with Gasteiger partial charge in [0, 0.05) is 39.5 Å². The molecule has 2 N–H and O–H groups in total. The van der Waals surface area contributed by atoms with Gasteiger partial charge in [-0.15, -0.1) is 34.2 Å². The molecule has 1 aromatic heterocycles. The van der Waals surface area contributed by atoms with E-state index < -0.39 is 12.7 Å². The SMILES string of the molecule is CN=C(NCCCc1nnc2n1CCCCC2)NCCC1CCN(CC(F)(F)F)CC1.I. The van der Waals surface area contributed by atoms with Gasteiger partial charge in [-0.2, -0.15) is 13.2 Å². The number of hydrogen-bond acceptors (Lipinski definition) is 4. The lowest BCUT2D eigenvalue weighted by atomic mass is 9.93.